The molecule has 0 aliphatic rings. The van der Waals surface area contributed by atoms with Crippen molar-refractivity contribution in [2.45, 2.75) is 23.8 Å². The molecule has 1 aromatic heterocycles. The van der Waals surface area contributed by atoms with Crippen molar-refractivity contribution in [2.75, 3.05) is 0 Å². The van der Waals surface area contributed by atoms with Crippen molar-refractivity contribution in [1.82, 2.24) is 4.98 Å². The van der Waals surface area contributed by atoms with Gasteiger partial charge < -0.3 is 5.73 Å². The molecule has 0 fully saturated rings. The van der Waals surface area contributed by atoms with Crippen LogP contribution in [0.5, 0.6) is 0 Å². The van der Waals surface area contributed by atoms with Crippen LogP contribution in [-0.4, -0.2) is 10.8 Å². The number of benzene rings is 1. The minimum atomic E-state index is 0.0688. The third kappa shape index (κ3) is 2.90. The molecule has 0 radical (unpaired) electrons. The number of nitrogens with one attached hydrogen (secondary N) is 1. The van der Waals surface area contributed by atoms with Crippen LogP contribution in [0.15, 0.2) is 46.5 Å². The molecule has 1 heterocycles. The highest BCUT2D eigenvalue weighted by atomic mass is 32.2. The standard InChI is InChI=1S/C14H15N3S/c1-9-3-4-12(7-10(9)2)18-13-8-11(14(15)16)5-6-17-13/h3-8H,1-2H3,(H3,15,16). The summed E-state index contributed by atoms with van der Waals surface area (Å²) in [6.07, 6.45) is 1.68. The zero-order valence-corrected chi connectivity index (χ0v) is 11.2. The van der Waals surface area contributed by atoms with Gasteiger partial charge in [0.1, 0.15) is 10.9 Å². The summed E-state index contributed by atoms with van der Waals surface area (Å²) in [5.41, 5.74) is 8.72. The minimum absolute atomic E-state index is 0.0688. The molecule has 4 heteroatoms. The Balaban J connectivity index is 2.25. The van der Waals surface area contributed by atoms with E-state index in [1.807, 2.05) is 6.07 Å². The lowest BCUT2D eigenvalue weighted by molar-refractivity contribution is 1.12. The van der Waals surface area contributed by atoms with Gasteiger partial charge in [0.05, 0.1) is 0 Å². The van der Waals surface area contributed by atoms with Crippen LogP contribution in [0.4, 0.5) is 0 Å². The zero-order valence-electron chi connectivity index (χ0n) is 10.4. The first-order valence-corrected chi connectivity index (χ1v) is 6.43. The van der Waals surface area contributed by atoms with Crippen LogP contribution in [0.2, 0.25) is 0 Å². The van der Waals surface area contributed by atoms with Gasteiger partial charge in [-0.1, -0.05) is 17.8 Å². The Kier molecular flexibility index (Phi) is 3.67. The molecule has 0 bridgehead atoms. The van der Waals surface area contributed by atoms with Crippen LogP contribution in [0, 0.1) is 19.3 Å². The molecule has 0 spiro atoms. The maximum atomic E-state index is 7.41. The minimum Gasteiger partial charge on any atom is -0.384 e. The quantitative estimate of drug-likeness (QED) is 0.656. The smallest absolute Gasteiger partial charge is 0.122 e. The second-order valence-electron chi connectivity index (χ2n) is 4.14. The summed E-state index contributed by atoms with van der Waals surface area (Å²) in [5, 5.41) is 8.27. The first kappa shape index (κ1) is 12.6. The maximum Gasteiger partial charge on any atom is 0.122 e. The van der Waals surface area contributed by atoms with Crippen molar-refractivity contribution in [2.24, 2.45) is 5.73 Å². The number of aryl methyl sites for hydroxylation is 2. The topological polar surface area (TPSA) is 62.8 Å². The van der Waals surface area contributed by atoms with E-state index in [9.17, 15) is 0 Å². The molecule has 92 valence electrons. The summed E-state index contributed by atoms with van der Waals surface area (Å²) >= 11 is 1.58. The molecule has 0 atom stereocenters. The van der Waals surface area contributed by atoms with E-state index in [0.29, 0.717) is 5.56 Å². The summed E-state index contributed by atoms with van der Waals surface area (Å²) in [6, 6.07) is 9.90. The largest absolute Gasteiger partial charge is 0.384 e. The van der Waals surface area contributed by atoms with Crippen LogP contribution in [0.1, 0.15) is 16.7 Å². The summed E-state index contributed by atoms with van der Waals surface area (Å²) in [6.45, 7) is 4.19. The first-order chi connectivity index (χ1) is 8.56. The number of amidine groups is 1. The fourth-order valence-corrected chi connectivity index (χ4v) is 2.44. The molecule has 18 heavy (non-hydrogen) atoms. The second kappa shape index (κ2) is 5.23. The van der Waals surface area contributed by atoms with Crippen molar-refractivity contribution < 1.29 is 0 Å². The SMILES string of the molecule is Cc1ccc(Sc2cc(C(=N)N)ccn2)cc1C. The van der Waals surface area contributed by atoms with Crippen LogP contribution in [-0.2, 0) is 0 Å². The van der Waals surface area contributed by atoms with Crippen molar-refractivity contribution in [1.29, 1.82) is 5.41 Å². The number of aromatic nitrogens is 1. The zero-order chi connectivity index (χ0) is 13.1. The number of hydrogen-bond donors (Lipinski definition) is 2. The van der Waals surface area contributed by atoms with Gasteiger partial charge in [0.25, 0.3) is 0 Å². The van der Waals surface area contributed by atoms with Gasteiger partial charge in [-0.05, 0) is 49.2 Å². The van der Waals surface area contributed by atoms with E-state index in [1.54, 1.807) is 24.0 Å². The Morgan fingerprint density at radius 3 is 2.61 bits per heavy atom. The number of pyridine rings is 1. The highest BCUT2D eigenvalue weighted by Gasteiger charge is 2.03. The third-order valence-corrected chi connectivity index (χ3v) is 3.67. The van der Waals surface area contributed by atoms with Crippen LogP contribution in [0.3, 0.4) is 0 Å². The average Bonchev–Trinajstić information content (AvgIpc) is 2.34. The Morgan fingerprint density at radius 2 is 1.94 bits per heavy atom. The van der Waals surface area contributed by atoms with E-state index in [1.165, 1.54) is 11.1 Å². The third-order valence-electron chi connectivity index (χ3n) is 2.75. The molecule has 2 rings (SSSR count). The molecule has 3 N–H and O–H groups in total. The van der Waals surface area contributed by atoms with Gasteiger partial charge in [0.15, 0.2) is 0 Å². The lowest BCUT2D eigenvalue weighted by atomic mass is 10.1. The Morgan fingerprint density at radius 1 is 1.17 bits per heavy atom. The van der Waals surface area contributed by atoms with Crippen LogP contribution >= 0.6 is 11.8 Å². The summed E-state index contributed by atoms with van der Waals surface area (Å²) in [5.74, 6) is 0.0688. The van der Waals surface area contributed by atoms with Gasteiger partial charge in [0, 0.05) is 16.7 Å². The Labute approximate surface area is 111 Å². The Hall–Kier alpha value is -1.81. The number of nitrogens with two attached hydrogens (primary N) is 1. The van der Waals surface area contributed by atoms with Gasteiger partial charge in [0.2, 0.25) is 0 Å². The van der Waals surface area contributed by atoms with E-state index in [-0.39, 0.29) is 5.84 Å². The molecular formula is C14H15N3S. The summed E-state index contributed by atoms with van der Waals surface area (Å²) in [4.78, 5) is 5.42. The maximum absolute atomic E-state index is 7.41. The van der Waals surface area contributed by atoms with Gasteiger partial charge in [-0.2, -0.15) is 0 Å². The van der Waals surface area contributed by atoms with Crippen molar-refractivity contribution >= 4 is 17.6 Å². The molecular weight excluding hydrogens is 242 g/mol. The average molecular weight is 257 g/mol. The first-order valence-electron chi connectivity index (χ1n) is 5.62. The normalized spacial score (nSPS) is 10.3. The number of hydrogen-bond acceptors (Lipinski definition) is 3. The van der Waals surface area contributed by atoms with E-state index in [2.05, 4.69) is 37.0 Å². The summed E-state index contributed by atoms with van der Waals surface area (Å²) < 4.78 is 0. The van der Waals surface area contributed by atoms with E-state index in [4.69, 9.17) is 11.1 Å². The molecule has 3 nitrogen and oxygen atoms in total. The van der Waals surface area contributed by atoms with Gasteiger partial charge >= 0.3 is 0 Å². The fraction of sp³-hybridized carbons (Fsp3) is 0.143. The molecule has 0 saturated heterocycles. The monoisotopic (exact) mass is 257 g/mol. The molecule has 0 amide bonds. The van der Waals surface area contributed by atoms with Crippen molar-refractivity contribution in [3.05, 3.63) is 53.2 Å². The number of nitrogens with zero attached hydrogens (tertiary/aromatic N) is 1. The highest BCUT2D eigenvalue weighted by molar-refractivity contribution is 7.99. The highest BCUT2D eigenvalue weighted by Crippen LogP contribution is 2.27. The van der Waals surface area contributed by atoms with Crippen LogP contribution < -0.4 is 5.73 Å². The van der Waals surface area contributed by atoms with Crippen molar-refractivity contribution in [3.63, 3.8) is 0 Å². The second-order valence-corrected chi connectivity index (χ2v) is 5.24. The summed E-state index contributed by atoms with van der Waals surface area (Å²) in [7, 11) is 0. The van der Waals surface area contributed by atoms with Gasteiger partial charge in [-0.25, -0.2) is 4.98 Å². The predicted octanol–water partition coefficient (Wildman–Crippen LogP) is 3.13. The number of nitrogen functional groups attached to an aromatic ring is 1. The lowest BCUT2D eigenvalue weighted by Crippen LogP contribution is -2.10. The van der Waals surface area contributed by atoms with E-state index < -0.39 is 0 Å². The van der Waals surface area contributed by atoms with Crippen molar-refractivity contribution in [3.8, 4) is 0 Å². The molecule has 1 aromatic carbocycles. The number of rotatable bonds is 3. The molecule has 0 aliphatic heterocycles. The Bertz CT molecular complexity index is 593. The molecule has 2 aromatic rings. The predicted molar refractivity (Wildman–Crippen MR) is 75.3 cm³/mol. The fourth-order valence-electron chi connectivity index (χ4n) is 1.53. The van der Waals surface area contributed by atoms with E-state index in [0.717, 1.165) is 9.92 Å². The molecule has 0 aliphatic carbocycles. The molecule has 0 unspecified atom stereocenters. The lowest BCUT2D eigenvalue weighted by Gasteiger charge is -2.05. The molecule has 0 saturated carbocycles. The van der Waals surface area contributed by atoms with Gasteiger partial charge in [-0.3, -0.25) is 5.41 Å². The van der Waals surface area contributed by atoms with Gasteiger partial charge in [-0.15, -0.1) is 0 Å². The van der Waals surface area contributed by atoms with E-state index >= 15 is 0 Å². The van der Waals surface area contributed by atoms with Crippen LogP contribution in [0.25, 0.3) is 0 Å².